The number of fused-ring (bicyclic) bond motifs is 1. The molecular weight excluding hydrogens is 305 g/mol. The number of rotatable bonds is 4. The molecular formula is C14H16FN5O3. The summed E-state index contributed by atoms with van der Waals surface area (Å²) in [6.45, 7) is 0. The molecule has 1 aliphatic heterocycles. The number of ether oxygens (including phenoxy) is 1. The van der Waals surface area contributed by atoms with Crippen LogP contribution in [0.5, 0.6) is 0 Å². The number of aliphatic hydroxyl groups excluding tert-OH is 2. The predicted molar refractivity (Wildman–Crippen MR) is 78.1 cm³/mol. The Kier molecular flexibility index (Phi) is 3.47. The summed E-state index contributed by atoms with van der Waals surface area (Å²) in [4.78, 5) is 12.7. The minimum absolute atomic E-state index is 0.287. The molecule has 0 spiro atoms. The van der Waals surface area contributed by atoms with E-state index in [2.05, 4.69) is 20.3 Å². The minimum Gasteiger partial charge on any atom is -0.387 e. The Morgan fingerprint density at radius 2 is 2.09 bits per heavy atom. The molecule has 1 saturated heterocycles. The fraction of sp³-hybridized carbons (Fsp3) is 0.500. The third kappa shape index (κ3) is 2.46. The topological polar surface area (TPSA) is 105 Å². The van der Waals surface area contributed by atoms with Gasteiger partial charge in [0.2, 0.25) is 0 Å². The van der Waals surface area contributed by atoms with E-state index in [0.717, 1.165) is 18.9 Å². The Bertz CT molecular complexity index is 747. The van der Waals surface area contributed by atoms with Gasteiger partial charge in [-0.05, 0) is 18.9 Å². The van der Waals surface area contributed by atoms with Gasteiger partial charge in [-0.3, -0.25) is 4.57 Å². The Morgan fingerprint density at radius 1 is 1.26 bits per heavy atom. The van der Waals surface area contributed by atoms with Crippen molar-refractivity contribution in [1.82, 2.24) is 19.5 Å². The van der Waals surface area contributed by atoms with Crippen LogP contribution in [0.15, 0.2) is 25.1 Å². The van der Waals surface area contributed by atoms with Gasteiger partial charge < -0.3 is 20.3 Å². The van der Waals surface area contributed by atoms with Crippen LogP contribution in [0.25, 0.3) is 11.2 Å². The van der Waals surface area contributed by atoms with Crippen LogP contribution in [-0.2, 0) is 4.74 Å². The average Bonchev–Trinajstić information content (AvgIpc) is 3.20. The minimum atomic E-state index is -1.23. The molecule has 2 aliphatic rings. The van der Waals surface area contributed by atoms with Gasteiger partial charge in [0.05, 0.1) is 12.7 Å². The van der Waals surface area contributed by atoms with E-state index in [1.54, 1.807) is 0 Å². The highest BCUT2D eigenvalue weighted by Crippen LogP contribution is 2.33. The third-order valence-corrected chi connectivity index (χ3v) is 4.09. The summed E-state index contributed by atoms with van der Waals surface area (Å²) in [6.07, 6.45) is 2.14. The van der Waals surface area contributed by atoms with Crippen molar-refractivity contribution in [3.05, 3.63) is 25.1 Å². The number of aromatic nitrogens is 4. The summed E-state index contributed by atoms with van der Waals surface area (Å²) in [5.74, 6) is 0.629. The molecule has 4 rings (SSSR count). The van der Waals surface area contributed by atoms with Crippen LogP contribution < -0.4 is 5.32 Å². The molecule has 23 heavy (non-hydrogen) atoms. The highest BCUT2D eigenvalue weighted by atomic mass is 19.1. The first kappa shape index (κ1) is 14.5. The van der Waals surface area contributed by atoms with E-state index in [-0.39, 0.29) is 6.33 Å². The second-order valence-corrected chi connectivity index (χ2v) is 5.76. The van der Waals surface area contributed by atoms with Crippen LogP contribution in [0.2, 0.25) is 0 Å². The molecule has 1 aliphatic carbocycles. The van der Waals surface area contributed by atoms with Crippen LogP contribution in [-0.4, -0.2) is 54.1 Å². The molecule has 2 aromatic heterocycles. The van der Waals surface area contributed by atoms with Gasteiger partial charge in [-0.15, -0.1) is 0 Å². The van der Waals surface area contributed by atoms with Gasteiger partial charge in [0.25, 0.3) is 0 Å². The summed E-state index contributed by atoms with van der Waals surface area (Å²) >= 11 is 0. The highest BCUT2D eigenvalue weighted by molar-refractivity contribution is 5.83. The summed E-state index contributed by atoms with van der Waals surface area (Å²) in [7, 11) is 0. The molecule has 2 fully saturated rings. The number of halogens is 1. The molecule has 2 aromatic rings. The summed E-state index contributed by atoms with van der Waals surface area (Å²) < 4.78 is 19.4. The van der Waals surface area contributed by atoms with Crippen LogP contribution >= 0.6 is 0 Å². The molecule has 9 heteroatoms. The van der Waals surface area contributed by atoms with Gasteiger partial charge in [0, 0.05) is 6.04 Å². The van der Waals surface area contributed by atoms with Crippen molar-refractivity contribution in [2.45, 2.75) is 43.4 Å². The maximum Gasteiger partial charge on any atom is 0.167 e. The van der Waals surface area contributed by atoms with E-state index < -0.39 is 24.5 Å². The number of nitrogens with one attached hydrogen (secondary N) is 1. The lowest BCUT2D eigenvalue weighted by molar-refractivity contribution is -0.0246. The number of aliphatic hydroxyl groups is 2. The molecule has 0 bridgehead atoms. The Balaban J connectivity index is 1.69. The Hall–Kier alpha value is -2.10. The highest BCUT2D eigenvalue weighted by Gasteiger charge is 2.43. The van der Waals surface area contributed by atoms with E-state index in [4.69, 9.17) is 4.74 Å². The predicted octanol–water partition coefficient (Wildman–Crippen LogP) is 0.503. The van der Waals surface area contributed by atoms with Gasteiger partial charge in [-0.25, -0.2) is 19.3 Å². The van der Waals surface area contributed by atoms with Crippen molar-refractivity contribution in [3.63, 3.8) is 0 Å². The van der Waals surface area contributed by atoms with Crippen molar-refractivity contribution >= 4 is 17.0 Å². The van der Waals surface area contributed by atoms with Gasteiger partial charge >= 0.3 is 0 Å². The van der Waals surface area contributed by atoms with E-state index in [1.807, 2.05) is 0 Å². The molecule has 8 nitrogen and oxygen atoms in total. The number of hydrogen-bond donors (Lipinski definition) is 3. The molecule has 0 aromatic carbocycles. The lowest BCUT2D eigenvalue weighted by atomic mass is 10.1. The zero-order valence-corrected chi connectivity index (χ0v) is 12.1. The van der Waals surface area contributed by atoms with E-state index in [1.165, 1.54) is 17.2 Å². The number of hydrogen-bond acceptors (Lipinski definition) is 7. The molecule has 0 unspecified atom stereocenters. The van der Waals surface area contributed by atoms with Crippen molar-refractivity contribution in [2.24, 2.45) is 0 Å². The fourth-order valence-electron chi connectivity index (χ4n) is 2.71. The molecule has 4 atom stereocenters. The zero-order valence-electron chi connectivity index (χ0n) is 12.1. The first-order valence-electron chi connectivity index (χ1n) is 7.41. The molecule has 3 N–H and O–H groups in total. The standard InChI is InChI=1S/C14H16FN5O3/c15-4-3-8-10(21)11(22)14(23-8)20-6-18-9-12(19-7-1-2-7)16-5-17-13(9)20/h3-8,10-11,14,21-22H,1-2H2,(H,16,17,19)/b4-3+/t8-,10-,11-,14-/m1/s1. The molecule has 0 amide bonds. The van der Waals surface area contributed by atoms with E-state index in [0.29, 0.717) is 23.0 Å². The second-order valence-electron chi connectivity index (χ2n) is 5.76. The van der Waals surface area contributed by atoms with Crippen LogP contribution in [0, 0.1) is 0 Å². The first-order chi connectivity index (χ1) is 11.2. The number of anilines is 1. The lowest BCUT2D eigenvalue weighted by Crippen LogP contribution is -2.30. The first-order valence-corrected chi connectivity index (χ1v) is 7.41. The molecule has 1 saturated carbocycles. The SMILES string of the molecule is O[C@@H]1[C@H](O)[C@@H](/C=C/F)O[C@H]1n1cnc2c(NC3CC3)ncnc21. The Labute approximate surface area is 130 Å². The number of nitrogens with zero attached hydrogens (tertiary/aromatic N) is 4. The normalized spacial score (nSPS) is 31.3. The smallest absolute Gasteiger partial charge is 0.167 e. The molecule has 0 radical (unpaired) electrons. The van der Waals surface area contributed by atoms with Gasteiger partial charge in [0.1, 0.15) is 24.6 Å². The van der Waals surface area contributed by atoms with Crippen molar-refractivity contribution < 1.29 is 19.3 Å². The third-order valence-electron chi connectivity index (χ3n) is 4.09. The monoisotopic (exact) mass is 321 g/mol. The summed E-state index contributed by atoms with van der Waals surface area (Å²) in [5.41, 5.74) is 1.04. The average molecular weight is 321 g/mol. The van der Waals surface area contributed by atoms with Crippen molar-refractivity contribution in [2.75, 3.05) is 5.32 Å². The summed E-state index contributed by atoms with van der Waals surface area (Å²) in [6, 6.07) is 0.410. The molecule has 122 valence electrons. The fourth-order valence-corrected chi connectivity index (χ4v) is 2.71. The zero-order chi connectivity index (χ0) is 16.0. The maximum atomic E-state index is 12.3. The van der Waals surface area contributed by atoms with E-state index in [9.17, 15) is 14.6 Å². The van der Waals surface area contributed by atoms with Gasteiger partial charge in [0.15, 0.2) is 23.2 Å². The van der Waals surface area contributed by atoms with Crippen LogP contribution in [0.4, 0.5) is 10.2 Å². The quantitative estimate of drug-likeness (QED) is 0.753. The summed E-state index contributed by atoms with van der Waals surface area (Å²) in [5, 5.41) is 23.4. The van der Waals surface area contributed by atoms with Crippen LogP contribution in [0.1, 0.15) is 19.1 Å². The van der Waals surface area contributed by atoms with Gasteiger partial charge in [-0.2, -0.15) is 0 Å². The van der Waals surface area contributed by atoms with Crippen molar-refractivity contribution in [1.29, 1.82) is 0 Å². The lowest BCUT2D eigenvalue weighted by Gasteiger charge is -2.16. The second kappa shape index (κ2) is 5.52. The molecule has 3 heterocycles. The van der Waals surface area contributed by atoms with Crippen LogP contribution in [0.3, 0.4) is 0 Å². The van der Waals surface area contributed by atoms with E-state index >= 15 is 0 Å². The largest absolute Gasteiger partial charge is 0.387 e. The van der Waals surface area contributed by atoms with Gasteiger partial charge in [-0.1, -0.05) is 0 Å². The maximum absolute atomic E-state index is 12.3. The Morgan fingerprint density at radius 3 is 2.83 bits per heavy atom. The number of imidazole rings is 1. The van der Waals surface area contributed by atoms with Crippen molar-refractivity contribution in [3.8, 4) is 0 Å².